The van der Waals surface area contributed by atoms with Crippen LogP contribution in [0.15, 0.2) is 0 Å². The number of hydrogen-bond acceptors (Lipinski definition) is 4. The summed E-state index contributed by atoms with van der Waals surface area (Å²) in [5.41, 5.74) is 5.46. The largest absolute Gasteiger partial charge is 0.330 e. The van der Waals surface area contributed by atoms with Crippen LogP contribution in [0, 0.1) is 0 Å². The van der Waals surface area contributed by atoms with Crippen LogP contribution in [-0.4, -0.2) is 63.4 Å². The van der Waals surface area contributed by atoms with Gasteiger partial charge in [0.15, 0.2) is 0 Å². The lowest BCUT2D eigenvalue weighted by Gasteiger charge is -2.33. The standard InChI is InChI=1S/C11H26N4O2S/c1-2-6-13-18(16,17)15-10-8-14(9-11-15)7-4-3-5-12/h13H,2-12H2,1H3. The quantitative estimate of drug-likeness (QED) is 0.592. The maximum absolute atomic E-state index is 11.9. The topological polar surface area (TPSA) is 78.7 Å². The minimum absolute atomic E-state index is 0.513. The van der Waals surface area contributed by atoms with Crippen molar-refractivity contribution < 1.29 is 8.42 Å². The van der Waals surface area contributed by atoms with Gasteiger partial charge in [0.05, 0.1) is 0 Å². The van der Waals surface area contributed by atoms with Gasteiger partial charge in [-0.1, -0.05) is 6.92 Å². The molecule has 1 aliphatic heterocycles. The van der Waals surface area contributed by atoms with E-state index in [4.69, 9.17) is 5.73 Å². The van der Waals surface area contributed by atoms with Crippen molar-refractivity contribution in [3.63, 3.8) is 0 Å². The Morgan fingerprint density at radius 3 is 2.39 bits per heavy atom. The van der Waals surface area contributed by atoms with Crippen molar-refractivity contribution in [2.45, 2.75) is 26.2 Å². The number of hydrogen-bond donors (Lipinski definition) is 2. The molecule has 1 heterocycles. The highest BCUT2D eigenvalue weighted by Gasteiger charge is 2.25. The number of rotatable bonds is 8. The predicted octanol–water partition coefficient (Wildman–Crippen LogP) is -0.413. The zero-order valence-corrected chi connectivity index (χ0v) is 12.1. The summed E-state index contributed by atoms with van der Waals surface area (Å²) in [7, 11) is -3.26. The van der Waals surface area contributed by atoms with Crippen LogP contribution in [-0.2, 0) is 10.2 Å². The first kappa shape index (κ1) is 15.8. The monoisotopic (exact) mass is 278 g/mol. The Morgan fingerprint density at radius 2 is 1.83 bits per heavy atom. The van der Waals surface area contributed by atoms with E-state index in [-0.39, 0.29) is 0 Å². The highest BCUT2D eigenvalue weighted by Crippen LogP contribution is 2.07. The molecule has 6 nitrogen and oxygen atoms in total. The number of piperazine rings is 1. The van der Waals surface area contributed by atoms with E-state index in [1.165, 1.54) is 0 Å². The van der Waals surface area contributed by atoms with Crippen molar-refractivity contribution >= 4 is 10.2 Å². The van der Waals surface area contributed by atoms with Crippen LogP contribution in [0.25, 0.3) is 0 Å². The second kappa shape index (κ2) is 8.06. The first-order valence-corrected chi connectivity index (χ1v) is 8.21. The van der Waals surface area contributed by atoms with E-state index in [0.717, 1.165) is 45.4 Å². The van der Waals surface area contributed by atoms with E-state index in [9.17, 15) is 8.42 Å². The van der Waals surface area contributed by atoms with Gasteiger partial charge in [-0.3, -0.25) is 0 Å². The van der Waals surface area contributed by atoms with Crippen LogP contribution < -0.4 is 10.5 Å². The Morgan fingerprint density at radius 1 is 1.17 bits per heavy atom. The number of nitrogens with two attached hydrogens (primary N) is 1. The fraction of sp³-hybridized carbons (Fsp3) is 1.00. The Bertz CT molecular complexity index is 313. The Balaban J connectivity index is 2.30. The van der Waals surface area contributed by atoms with Crippen molar-refractivity contribution in [2.24, 2.45) is 5.73 Å². The molecule has 1 aliphatic rings. The highest BCUT2D eigenvalue weighted by atomic mass is 32.2. The molecule has 0 radical (unpaired) electrons. The Hall–Kier alpha value is -0.210. The van der Waals surface area contributed by atoms with Gasteiger partial charge in [0.1, 0.15) is 0 Å². The fourth-order valence-corrected chi connectivity index (χ4v) is 3.28. The molecule has 0 aromatic heterocycles. The molecule has 3 N–H and O–H groups in total. The van der Waals surface area contributed by atoms with Crippen molar-refractivity contribution in [2.75, 3.05) is 45.8 Å². The second-order valence-corrected chi connectivity index (χ2v) is 6.39. The SMILES string of the molecule is CCCNS(=O)(=O)N1CCN(CCCCN)CC1. The third kappa shape index (κ3) is 5.19. The van der Waals surface area contributed by atoms with Gasteiger partial charge in [-0.2, -0.15) is 12.7 Å². The summed E-state index contributed by atoms with van der Waals surface area (Å²) >= 11 is 0. The lowest BCUT2D eigenvalue weighted by molar-refractivity contribution is 0.185. The molecule has 1 fully saturated rings. The van der Waals surface area contributed by atoms with Crippen molar-refractivity contribution in [1.29, 1.82) is 0 Å². The zero-order valence-electron chi connectivity index (χ0n) is 11.3. The van der Waals surface area contributed by atoms with Crippen LogP contribution in [0.2, 0.25) is 0 Å². The van der Waals surface area contributed by atoms with E-state index >= 15 is 0 Å². The van der Waals surface area contributed by atoms with E-state index in [2.05, 4.69) is 9.62 Å². The molecule has 0 saturated carbocycles. The van der Waals surface area contributed by atoms with Crippen LogP contribution in [0.5, 0.6) is 0 Å². The van der Waals surface area contributed by atoms with Gasteiger partial charge in [0.25, 0.3) is 10.2 Å². The Kier molecular flexibility index (Phi) is 7.10. The summed E-state index contributed by atoms with van der Waals surface area (Å²) in [4.78, 5) is 2.31. The number of nitrogens with one attached hydrogen (secondary N) is 1. The van der Waals surface area contributed by atoms with E-state index < -0.39 is 10.2 Å². The van der Waals surface area contributed by atoms with Gasteiger partial charge < -0.3 is 10.6 Å². The lowest BCUT2D eigenvalue weighted by atomic mass is 10.2. The molecule has 18 heavy (non-hydrogen) atoms. The van der Waals surface area contributed by atoms with E-state index in [1.54, 1.807) is 4.31 Å². The second-order valence-electron chi connectivity index (χ2n) is 4.64. The van der Waals surface area contributed by atoms with Gasteiger partial charge in [0, 0.05) is 32.7 Å². The van der Waals surface area contributed by atoms with Gasteiger partial charge in [-0.15, -0.1) is 0 Å². The molecule has 0 bridgehead atoms. The number of unbranched alkanes of at least 4 members (excludes halogenated alkanes) is 1. The summed E-state index contributed by atoms with van der Waals surface area (Å²) in [6, 6.07) is 0. The molecule has 0 aromatic carbocycles. The van der Waals surface area contributed by atoms with Crippen LogP contribution in [0.3, 0.4) is 0 Å². The first-order valence-electron chi connectivity index (χ1n) is 6.77. The van der Waals surface area contributed by atoms with Crippen molar-refractivity contribution in [3.8, 4) is 0 Å². The minimum atomic E-state index is -3.26. The maximum atomic E-state index is 11.9. The predicted molar refractivity (Wildman–Crippen MR) is 73.5 cm³/mol. The third-order valence-electron chi connectivity index (χ3n) is 3.13. The maximum Gasteiger partial charge on any atom is 0.279 e. The normalized spacial score (nSPS) is 19.2. The minimum Gasteiger partial charge on any atom is -0.330 e. The third-order valence-corrected chi connectivity index (χ3v) is 4.75. The molecule has 0 amide bonds. The molecule has 1 rings (SSSR count). The van der Waals surface area contributed by atoms with Gasteiger partial charge in [-0.25, -0.2) is 4.72 Å². The lowest BCUT2D eigenvalue weighted by Crippen LogP contribution is -2.52. The smallest absolute Gasteiger partial charge is 0.279 e. The first-order chi connectivity index (χ1) is 8.60. The molecular formula is C11H26N4O2S. The molecule has 7 heteroatoms. The average molecular weight is 278 g/mol. The van der Waals surface area contributed by atoms with Gasteiger partial charge in [-0.05, 0) is 32.4 Å². The Labute approximate surface area is 111 Å². The fourth-order valence-electron chi connectivity index (χ4n) is 2.00. The average Bonchev–Trinajstić information content (AvgIpc) is 2.37. The van der Waals surface area contributed by atoms with E-state index in [1.807, 2.05) is 6.92 Å². The summed E-state index contributed by atoms with van der Waals surface area (Å²) in [6.45, 7) is 7.03. The molecule has 0 aliphatic carbocycles. The summed E-state index contributed by atoms with van der Waals surface area (Å²) in [5.74, 6) is 0. The molecule has 1 saturated heterocycles. The van der Waals surface area contributed by atoms with Crippen molar-refractivity contribution in [1.82, 2.24) is 13.9 Å². The molecule has 108 valence electrons. The zero-order chi connectivity index (χ0) is 13.4. The molecule has 0 spiro atoms. The summed E-state index contributed by atoms with van der Waals surface area (Å²) in [5, 5.41) is 0. The molecule has 0 atom stereocenters. The molecule has 0 unspecified atom stereocenters. The van der Waals surface area contributed by atoms with Gasteiger partial charge >= 0.3 is 0 Å². The highest BCUT2D eigenvalue weighted by molar-refractivity contribution is 7.87. The molecule has 0 aromatic rings. The van der Waals surface area contributed by atoms with Crippen LogP contribution >= 0.6 is 0 Å². The van der Waals surface area contributed by atoms with Crippen molar-refractivity contribution in [3.05, 3.63) is 0 Å². The number of nitrogens with zero attached hydrogens (tertiary/aromatic N) is 2. The van der Waals surface area contributed by atoms with Crippen LogP contribution in [0.4, 0.5) is 0 Å². The summed E-state index contributed by atoms with van der Waals surface area (Å²) in [6.07, 6.45) is 2.95. The van der Waals surface area contributed by atoms with Crippen LogP contribution in [0.1, 0.15) is 26.2 Å². The summed E-state index contributed by atoms with van der Waals surface area (Å²) < 4.78 is 27.9. The van der Waals surface area contributed by atoms with Gasteiger partial charge in [0.2, 0.25) is 0 Å². The van der Waals surface area contributed by atoms with E-state index in [0.29, 0.717) is 19.6 Å². The molecular weight excluding hydrogens is 252 g/mol.